The highest BCUT2D eigenvalue weighted by atomic mass is 32.2. The van der Waals surface area contributed by atoms with Gasteiger partial charge in [-0.15, -0.1) is 23.1 Å². The highest BCUT2D eigenvalue weighted by Crippen LogP contribution is 2.44. The second-order valence-electron chi connectivity index (χ2n) is 6.88. The normalized spacial score (nSPS) is 16.3. The average molecular weight is 434 g/mol. The van der Waals surface area contributed by atoms with Gasteiger partial charge < -0.3 is 10.0 Å². The van der Waals surface area contributed by atoms with Gasteiger partial charge in [0.15, 0.2) is 11.6 Å². The Kier molecular flexibility index (Phi) is 5.04. The number of carboxylic acid groups (broad SMARTS) is 1. The van der Waals surface area contributed by atoms with Gasteiger partial charge in [-0.25, -0.2) is 13.8 Å². The van der Waals surface area contributed by atoms with Crippen molar-refractivity contribution in [2.24, 2.45) is 0 Å². The standard InChI is InChI=1S/C20H16F2N2O3S2/c1-9-5-10(2)18-13(6-9)24(20(27)14(28-18)7-16(25)26)8-15-23-12-4-3-11(21)17(22)19(12)29-15/h3-6,14H,7-8H2,1-2H3,(H,25,26). The third kappa shape index (κ3) is 3.60. The fourth-order valence-electron chi connectivity index (χ4n) is 3.41. The molecule has 1 aliphatic heterocycles. The number of amides is 1. The van der Waals surface area contributed by atoms with E-state index >= 15 is 0 Å². The van der Waals surface area contributed by atoms with Crippen LogP contribution in [0.25, 0.3) is 10.2 Å². The molecule has 9 heteroatoms. The van der Waals surface area contributed by atoms with Crippen molar-refractivity contribution in [2.45, 2.75) is 37.0 Å². The third-order valence-electron chi connectivity index (χ3n) is 4.64. The van der Waals surface area contributed by atoms with Gasteiger partial charge in [0.05, 0.1) is 34.1 Å². The van der Waals surface area contributed by atoms with Gasteiger partial charge in [0.2, 0.25) is 5.91 Å². The molecule has 29 heavy (non-hydrogen) atoms. The van der Waals surface area contributed by atoms with Crippen LogP contribution in [0.4, 0.5) is 14.5 Å². The summed E-state index contributed by atoms with van der Waals surface area (Å²) >= 11 is 2.24. The molecule has 1 unspecified atom stereocenters. The summed E-state index contributed by atoms with van der Waals surface area (Å²) in [4.78, 5) is 31.0. The lowest BCUT2D eigenvalue weighted by molar-refractivity contribution is -0.138. The highest BCUT2D eigenvalue weighted by molar-refractivity contribution is 8.01. The Morgan fingerprint density at radius 1 is 1.28 bits per heavy atom. The third-order valence-corrected chi connectivity index (χ3v) is 7.11. The van der Waals surface area contributed by atoms with Crippen molar-refractivity contribution in [3.05, 3.63) is 52.0 Å². The van der Waals surface area contributed by atoms with Crippen LogP contribution in [-0.4, -0.2) is 27.2 Å². The molecule has 0 saturated heterocycles. The van der Waals surface area contributed by atoms with Crippen molar-refractivity contribution >= 4 is 50.9 Å². The number of carbonyl (C=O) groups is 2. The van der Waals surface area contributed by atoms with Crippen molar-refractivity contribution in [3.63, 3.8) is 0 Å². The SMILES string of the molecule is Cc1cc(C)c2c(c1)N(Cc1nc3ccc(F)c(F)c3s1)C(=O)C(CC(=O)O)S2. The van der Waals surface area contributed by atoms with Gasteiger partial charge in [0.25, 0.3) is 0 Å². The minimum atomic E-state index is -1.05. The van der Waals surface area contributed by atoms with Gasteiger partial charge in [0, 0.05) is 4.90 Å². The van der Waals surface area contributed by atoms with Crippen LogP contribution in [0.1, 0.15) is 22.6 Å². The zero-order valence-electron chi connectivity index (χ0n) is 15.5. The predicted octanol–water partition coefficient (Wildman–Crippen LogP) is 4.67. The Balaban J connectivity index is 1.78. The Bertz CT molecular complexity index is 1160. The molecular weight excluding hydrogens is 418 g/mol. The summed E-state index contributed by atoms with van der Waals surface area (Å²) in [6.07, 6.45) is -0.299. The molecule has 1 aromatic heterocycles. The lowest BCUT2D eigenvalue weighted by atomic mass is 10.1. The molecule has 5 nitrogen and oxygen atoms in total. The molecule has 4 rings (SSSR count). The number of aryl methyl sites for hydroxylation is 2. The molecule has 0 radical (unpaired) electrons. The van der Waals surface area contributed by atoms with Crippen molar-refractivity contribution < 1.29 is 23.5 Å². The van der Waals surface area contributed by atoms with Crippen LogP contribution in [0.2, 0.25) is 0 Å². The Morgan fingerprint density at radius 2 is 2.03 bits per heavy atom. The maximum atomic E-state index is 14.1. The smallest absolute Gasteiger partial charge is 0.305 e. The Hall–Kier alpha value is -2.52. The largest absolute Gasteiger partial charge is 0.481 e. The zero-order chi connectivity index (χ0) is 20.9. The van der Waals surface area contributed by atoms with Gasteiger partial charge in [0.1, 0.15) is 5.01 Å². The first kappa shape index (κ1) is 19.8. The fourth-order valence-corrected chi connectivity index (χ4v) is 5.66. The number of nitrogens with zero attached hydrogens (tertiary/aromatic N) is 2. The van der Waals surface area contributed by atoms with Crippen LogP contribution in [0.15, 0.2) is 29.2 Å². The minimum Gasteiger partial charge on any atom is -0.481 e. The van der Waals surface area contributed by atoms with Crippen LogP contribution < -0.4 is 4.90 Å². The lowest BCUT2D eigenvalue weighted by Crippen LogP contribution is -2.41. The second-order valence-corrected chi connectivity index (χ2v) is 9.17. The van der Waals surface area contributed by atoms with Crippen molar-refractivity contribution in [3.8, 4) is 0 Å². The number of hydrogen-bond donors (Lipinski definition) is 1. The number of anilines is 1. The first-order chi connectivity index (χ1) is 13.7. The maximum absolute atomic E-state index is 14.1. The van der Waals surface area contributed by atoms with Crippen molar-refractivity contribution in [2.75, 3.05) is 4.90 Å². The minimum absolute atomic E-state index is 0.0613. The maximum Gasteiger partial charge on any atom is 0.305 e. The van der Waals surface area contributed by atoms with E-state index in [-0.39, 0.29) is 23.6 Å². The van der Waals surface area contributed by atoms with E-state index < -0.39 is 22.9 Å². The van der Waals surface area contributed by atoms with Crippen LogP contribution >= 0.6 is 23.1 Å². The second kappa shape index (κ2) is 7.38. The van der Waals surface area contributed by atoms with E-state index in [1.165, 1.54) is 22.7 Å². The van der Waals surface area contributed by atoms with Crippen molar-refractivity contribution in [1.29, 1.82) is 0 Å². The number of thiazole rings is 1. The van der Waals surface area contributed by atoms with E-state index in [0.29, 0.717) is 16.2 Å². The molecule has 0 fully saturated rings. The summed E-state index contributed by atoms with van der Waals surface area (Å²) in [5.41, 5.74) is 2.93. The van der Waals surface area contributed by atoms with E-state index in [9.17, 15) is 23.5 Å². The predicted molar refractivity (Wildman–Crippen MR) is 109 cm³/mol. The van der Waals surface area contributed by atoms with E-state index in [1.54, 1.807) is 0 Å². The molecular formula is C20H16F2N2O3S2. The molecule has 0 aliphatic carbocycles. The monoisotopic (exact) mass is 434 g/mol. The number of thioether (sulfide) groups is 1. The molecule has 0 saturated carbocycles. The van der Waals surface area contributed by atoms with Crippen LogP contribution in [0.5, 0.6) is 0 Å². The Labute approximate surface area is 173 Å². The molecule has 150 valence electrons. The molecule has 0 bridgehead atoms. The zero-order valence-corrected chi connectivity index (χ0v) is 17.2. The first-order valence-corrected chi connectivity index (χ1v) is 10.5. The van der Waals surface area contributed by atoms with E-state index in [1.807, 2.05) is 26.0 Å². The number of hydrogen-bond acceptors (Lipinski definition) is 5. The number of aromatic nitrogens is 1. The number of rotatable bonds is 4. The van der Waals surface area contributed by atoms with E-state index in [0.717, 1.165) is 33.4 Å². The summed E-state index contributed by atoms with van der Waals surface area (Å²) < 4.78 is 27.7. The quantitative estimate of drug-likeness (QED) is 0.646. The number of halogens is 2. The van der Waals surface area contributed by atoms with E-state index in [2.05, 4.69) is 4.98 Å². The molecule has 1 atom stereocenters. The molecule has 0 spiro atoms. The van der Waals surface area contributed by atoms with E-state index in [4.69, 9.17) is 0 Å². The topological polar surface area (TPSA) is 70.5 Å². The summed E-state index contributed by atoms with van der Waals surface area (Å²) in [5.74, 6) is -3.29. The fraction of sp³-hybridized carbons (Fsp3) is 0.250. The molecule has 1 aliphatic rings. The van der Waals surface area contributed by atoms with Crippen molar-refractivity contribution in [1.82, 2.24) is 4.98 Å². The number of aliphatic carboxylic acids is 1. The molecule has 3 aromatic rings. The van der Waals surface area contributed by atoms with Gasteiger partial charge in [-0.2, -0.15) is 0 Å². The number of fused-ring (bicyclic) bond motifs is 2. The van der Waals surface area contributed by atoms with Crippen LogP contribution in [-0.2, 0) is 16.1 Å². The van der Waals surface area contributed by atoms with Gasteiger partial charge >= 0.3 is 5.97 Å². The van der Waals surface area contributed by atoms with Gasteiger partial charge in [-0.1, -0.05) is 6.07 Å². The van der Waals surface area contributed by atoms with Gasteiger partial charge in [-0.05, 0) is 43.2 Å². The summed E-state index contributed by atoms with van der Waals surface area (Å²) in [5, 5.41) is 8.89. The van der Waals surface area contributed by atoms with Gasteiger partial charge in [-0.3, -0.25) is 9.59 Å². The summed E-state index contributed by atoms with van der Waals surface area (Å²) in [6.45, 7) is 3.89. The van der Waals surface area contributed by atoms with Crippen LogP contribution in [0.3, 0.4) is 0 Å². The molecule has 1 amide bonds. The number of carboxylic acids is 1. The van der Waals surface area contributed by atoms with Crippen LogP contribution in [0, 0.1) is 25.5 Å². The lowest BCUT2D eigenvalue weighted by Gasteiger charge is -2.34. The number of benzene rings is 2. The average Bonchev–Trinajstić information content (AvgIpc) is 3.06. The molecule has 2 aromatic carbocycles. The number of carbonyl (C=O) groups excluding carboxylic acids is 1. The molecule has 2 heterocycles. The first-order valence-electron chi connectivity index (χ1n) is 8.79. The summed E-state index contributed by atoms with van der Waals surface area (Å²) in [7, 11) is 0. The highest BCUT2D eigenvalue weighted by Gasteiger charge is 2.36. The Morgan fingerprint density at radius 3 is 2.76 bits per heavy atom. The molecule has 1 N–H and O–H groups in total. The summed E-state index contributed by atoms with van der Waals surface area (Å²) in [6, 6.07) is 6.27.